The zero-order chi connectivity index (χ0) is 14.1. The van der Waals surface area contributed by atoms with E-state index in [0.29, 0.717) is 0 Å². The van der Waals surface area contributed by atoms with Gasteiger partial charge in [0.15, 0.2) is 0 Å². The van der Waals surface area contributed by atoms with Crippen LogP contribution in [0.4, 0.5) is 0 Å². The first kappa shape index (κ1) is 13.3. The zero-order valence-corrected chi connectivity index (χ0v) is 12.3. The molecule has 0 saturated heterocycles. The Labute approximate surface area is 121 Å². The minimum absolute atomic E-state index is 0.0185. The first-order valence-corrected chi connectivity index (χ1v) is 7.43. The maximum Gasteiger partial charge on any atom is 0.0603 e. The second-order valence-electron chi connectivity index (χ2n) is 5.98. The van der Waals surface area contributed by atoms with Crippen LogP contribution >= 0.6 is 0 Å². The van der Waals surface area contributed by atoms with Crippen molar-refractivity contribution in [3.63, 3.8) is 0 Å². The highest BCUT2D eigenvalue weighted by atomic mass is 14.8. The number of nitrogens with two attached hydrogens (primary N) is 1. The highest BCUT2D eigenvalue weighted by Crippen LogP contribution is 2.25. The van der Waals surface area contributed by atoms with Crippen LogP contribution in [0.3, 0.4) is 0 Å². The Morgan fingerprint density at radius 1 is 1.15 bits per heavy atom. The lowest BCUT2D eigenvalue weighted by molar-refractivity contribution is 0.689. The van der Waals surface area contributed by atoms with Crippen LogP contribution in [-0.4, -0.2) is 4.98 Å². The molecular formula is C18H22N2. The van der Waals surface area contributed by atoms with Crippen LogP contribution in [0.1, 0.15) is 46.0 Å². The lowest BCUT2D eigenvalue weighted by Crippen LogP contribution is -2.16. The number of hydrogen-bond acceptors (Lipinski definition) is 2. The van der Waals surface area contributed by atoms with E-state index in [-0.39, 0.29) is 6.04 Å². The van der Waals surface area contributed by atoms with E-state index in [1.807, 2.05) is 6.20 Å². The van der Waals surface area contributed by atoms with Crippen molar-refractivity contribution in [3.05, 3.63) is 64.0 Å². The SMILES string of the molecule is Cc1cnc(C(N)Cc2ccc3c(c2)CCC3)c(C)c1. The largest absolute Gasteiger partial charge is 0.322 e. The minimum Gasteiger partial charge on any atom is -0.322 e. The number of pyridine rings is 1. The second kappa shape index (κ2) is 5.37. The third-order valence-electron chi connectivity index (χ3n) is 4.23. The molecule has 3 rings (SSSR count). The Balaban J connectivity index is 1.80. The van der Waals surface area contributed by atoms with E-state index >= 15 is 0 Å². The first-order chi connectivity index (χ1) is 9.63. The summed E-state index contributed by atoms with van der Waals surface area (Å²) in [6, 6.07) is 8.99. The van der Waals surface area contributed by atoms with Crippen molar-refractivity contribution in [2.24, 2.45) is 5.73 Å². The van der Waals surface area contributed by atoms with E-state index in [1.165, 1.54) is 47.1 Å². The molecule has 0 amide bonds. The van der Waals surface area contributed by atoms with Gasteiger partial charge in [-0.25, -0.2) is 0 Å². The van der Waals surface area contributed by atoms with E-state index < -0.39 is 0 Å². The van der Waals surface area contributed by atoms with Gasteiger partial charge in [0.1, 0.15) is 0 Å². The van der Waals surface area contributed by atoms with Crippen LogP contribution in [0.25, 0.3) is 0 Å². The molecule has 1 unspecified atom stereocenters. The molecular weight excluding hydrogens is 244 g/mol. The quantitative estimate of drug-likeness (QED) is 0.924. The van der Waals surface area contributed by atoms with Crippen molar-refractivity contribution in [1.29, 1.82) is 0 Å². The van der Waals surface area contributed by atoms with Gasteiger partial charge in [0, 0.05) is 6.20 Å². The van der Waals surface area contributed by atoms with E-state index in [0.717, 1.165) is 12.1 Å². The van der Waals surface area contributed by atoms with Gasteiger partial charge in [-0.1, -0.05) is 24.3 Å². The van der Waals surface area contributed by atoms with Gasteiger partial charge in [0.2, 0.25) is 0 Å². The fraction of sp³-hybridized carbons (Fsp3) is 0.389. The van der Waals surface area contributed by atoms with Crippen LogP contribution in [0.2, 0.25) is 0 Å². The highest BCUT2D eigenvalue weighted by molar-refractivity contribution is 5.36. The Morgan fingerprint density at radius 2 is 1.95 bits per heavy atom. The number of aryl methyl sites for hydroxylation is 4. The standard InChI is InChI=1S/C18H22N2/c1-12-8-13(2)18(20-11-12)17(19)10-14-6-7-15-4-3-5-16(15)9-14/h6-9,11,17H,3-5,10,19H2,1-2H3. The summed E-state index contributed by atoms with van der Waals surface area (Å²) in [7, 11) is 0. The summed E-state index contributed by atoms with van der Waals surface area (Å²) in [4.78, 5) is 4.52. The Kier molecular flexibility index (Phi) is 3.58. The molecule has 0 spiro atoms. The molecule has 0 saturated carbocycles. The number of fused-ring (bicyclic) bond motifs is 1. The molecule has 20 heavy (non-hydrogen) atoms. The predicted molar refractivity (Wildman–Crippen MR) is 82.8 cm³/mol. The van der Waals surface area contributed by atoms with Crippen molar-refractivity contribution >= 4 is 0 Å². The molecule has 2 aromatic rings. The fourth-order valence-electron chi connectivity index (χ4n) is 3.22. The molecule has 104 valence electrons. The van der Waals surface area contributed by atoms with Crippen molar-refractivity contribution in [2.45, 2.75) is 45.6 Å². The molecule has 1 atom stereocenters. The third kappa shape index (κ3) is 2.61. The van der Waals surface area contributed by atoms with Gasteiger partial charge in [-0.05, 0) is 67.3 Å². The van der Waals surface area contributed by atoms with E-state index in [2.05, 4.69) is 43.1 Å². The van der Waals surface area contributed by atoms with Gasteiger partial charge in [-0.2, -0.15) is 0 Å². The summed E-state index contributed by atoms with van der Waals surface area (Å²) in [5.41, 5.74) is 14.1. The molecule has 0 aliphatic heterocycles. The molecule has 2 N–H and O–H groups in total. The topological polar surface area (TPSA) is 38.9 Å². The Bertz CT molecular complexity index is 631. The number of aromatic nitrogens is 1. The number of benzene rings is 1. The van der Waals surface area contributed by atoms with Crippen LogP contribution in [0, 0.1) is 13.8 Å². The molecule has 1 heterocycles. The summed E-state index contributed by atoms with van der Waals surface area (Å²) in [6.07, 6.45) is 6.53. The average molecular weight is 266 g/mol. The lowest BCUT2D eigenvalue weighted by atomic mass is 9.97. The summed E-state index contributed by atoms with van der Waals surface area (Å²) >= 11 is 0. The number of hydrogen-bond donors (Lipinski definition) is 1. The van der Waals surface area contributed by atoms with Gasteiger partial charge in [-0.15, -0.1) is 0 Å². The van der Waals surface area contributed by atoms with Crippen LogP contribution < -0.4 is 5.73 Å². The van der Waals surface area contributed by atoms with Crippen molar-refractivity contribution in [3.8, 4) is 0 Å². The van der Waals surface area contributed by atoms with Crippen LogP contribution in [0.15, 0.2) is 30.5 Å². The normalized spacial score (nSPS) is 15.2. The fourth-order valence-corrected chi connectivity index (χ4v) is 3.22. The van der Waals surface area contributed by atoms with Gasteiger partial charge in [0.25, 0.3) is 0 Å². The smallest absolute Gasteiger partial charge is 0.0603 e. The number of rotatable bonds is 3. The highest BCUT2D eigenvalue weighted by Gasteiger charge is 2.14. The van der Waals surface area contributed by atoms with E-state index in [1.54, 1.807) is 0 Å². The monoisotopic (exact) mass is 266 g/mol. The lowest BCUT2D eigenvalue weighted by Gasteiger charge is -2.15. The summed E-state index contributed by atoms with van der Waals surface area (Å²) in [5, 5.41) is 0. The molecule has 1 aliphatic carbocycles. The molecule has 1 aromatic heterocycles. The maximum absolute atomic E-state index is 6.36. The minimum atomic E-state index is -0.0185. The summed E-state index contributed by atoms with van der Waals surface area (Å²) in [6.45, 7) is 4.16. The van der Waals surface area contributed by atoms with Gasteiger partial charge in [-0.3, -0.25) is 4.98 Å². The van der Waals surface area contributed by atoms with Crippen LogP contribution in [-0.2, 0) is 19.3 Å². The first-order valence-electron chi connectivity index (χ1n) is 7.43. The molecule has 1 aromatic carbocycles. The summed E-state index contributed by atoms with van der Waals surface area (Å²) < 4.78 is 0. The maximum atomic E-state index is 6.36. The third-order valence-corrected chi connectivity index (χ3v) is 4.23. The van der Waals surface area contributed by atoms with Crippen molar-refractivity contribution < 1.29 is 0 Å². The van der Waals surface area contributed by atoms with Gasteiger partial charge in [0.05, 0.1) is 11.7 Å². The molecule has 2 heteroatoms. The van der Waals surface area contributed by atoms with Gasteiger partial charge >= 0.3 is 0 Å². The zero-order valence-electron chi connectivity index (χ0n) is 12.3. The van der Waals surface area contributed by atoms with Crippen LogP contribution in [0.5, 0.6) is 0 Å². The predicted octanol–water partition coefficient (Wildman–Crippen LogP) is 3.43. The second-order valence-corrected chi connectivity index (χ2v) is 5.98. The van der Waals surface area contributed by atoms with Gasteiger partial charge < -0.3 is 5.73 Å². The molecule has 0 fully saturated rings. The molecule has 0 bridgehead atoms. The Morgan fingerprint density at radius 3 is 2.75 bits per heavy atom. The van der Waals surface area contributed by atoms with Crippen molar-refractivity contribution in [2.75, 3.05) is 0 Å². The molecule has 2 nitrogen and oxygen atoms in total. The van der Waals surface area contributed by atoms with Crippen molar-refractivity contribution in [1.82, 2.24) is 4.98 Å². The Hall–Kier alpha value is -1.67. The van der Waals surface area contributed by atoms with E-state index in [9.17, 15) is 0 Å². The number of nitrogens with zero attached hydrogens (tertiary/aromatic N) is 1. The molecule has 1 aliphatic rings. The van der Waals surface area contributed by atoms with E-state index in [4.69, 9.17) is 5.73 Å². The summed E-state index contributed by atoms with van der Waals surface area (Å²) in [5.74, 6) is 0. The molecule has 0 radical (unpaired) electrons. The average Bonchev–Trinajstić information content (AvgIpc) is 2.85.